The zero-order valence-electron chi connectivity index (χ0n) is 9.98. The van der Waals surface area contributed by atoms with Gasteiger partial charge in [-0.25, -0.2) is 4.79 Å². The molecule has 0 heterocycles. The summed E-state index contributed by atoms with van der Waals surface area (Å²) in [6.45, 7) is 1.57. The van der Waals surface area contributed by atoms with Gasteiger partial charge in [0.15, 0.2) is 5.78 Å². The number of ketones is 1. The number of allylic oxidation sites excluding steroid dienone is 2. The van der Waals surface area contributed by atoms with Crippen molar-refractivity contribution in [2.24, 2.45) is 0 Å². The molecular formula is C13H18O4. The smallest absolute Gasteiger partial charge is 0.330 e. The number of hydrogen-bond donors (Lipinski definition) is 2. The first-order chi connectivity index (χ1) is 8.00. The summed E-state index contributed by atoms with van der Waals surface area (Å²) in [5.41, 5.74) is 1.08. The number of rotatable bonds is 6. The second-order valence-electron chi connectivity index (χ2n) is 4.32. The molecule has 0 aromatic rings. The van der Waals surface area contributed by atoms with Crippen LogP contribution in [0.1, 0.15) is 39.0 Å². The molecule has 0 aromatic heterocycles. The van der Waals surface area contributed by atoms with E-state index in [1.807, 2.05) is 0 Å². The molecule has 1 atom stereocenters. The van der Waals surface area contributed by atoms with Crippen LogP contribution >= 0.6 is 0 Å². The number of hydrogen-bond acceptors (Lipinski definition) is 3. The van der Waals surface area contributed by atoms with Crippen molar-refractivity contribution in [2.45, 2.75) is 45.1 Å². The maximum atomic E-state index is 11.3. The standard InChI is InChI=1S/C13H18O4/c1-9(13(16)17)5-3-2-4-6-10-7-11(14)8-12(10)15/h5,7,11,14H,2-4,6,8H2,1H3,(H,16,17)/b9-5+. The molecule has 0 bridgehead atoms. The average molecular weight is 238 g/mol. The van der Waals surface area contributed by atoms with Gasteiger partial charge >= 0.3 is 5.97 Å². The van der Waals surface area contributed by atoms with E-state index in [1.165, 1.54) is 0 Å². The molecule has 0 radical (unpaired) electrons. The average Bonchev–Trinajstić information content (AvgIpc) is 2.56. The summed E-state index contributed by atoms with van der Waals surface area (Å²) in [5.74, 6) is -0.850. The van der Waals surface area contributed by atoms with Gasteiger partial charge in [0.25, 0.3) is 0 Å². The summed E-state index contributed by atoms with van der Waals surface area (Å²) in [6.07, 6.45) is 6.01. The van der Waals surface area contributed by atoms with Gasteiger partial charge in [0.2, 0.25) is 0 Å². The Morgan fingerprint density at radius 3 is 2.76 bits per heavy atom. The van der Waals surface area contributed by atoms with Gasteiger partial charge in [-0.3, -0.25) is 4.79 Å². The molecule has 0 aromatic carbocycles. The topological polar surface area (TPSA) is 74.6 Å². The first-order valence-electron chi connectivity index (χ1n) is 5.82. The Hall–Kier alpha value is -1.42. The number of aliphatic carboxylic acids is 1. The molecule has 94 valence electrons. The molecule has 2 N–H and O–H groups in total. The third kappa shape index (κ3) is 4.53. The Kier molecular flexibility index (Phi) is 5.10. The van der Waals surface area contributed by atoms with E-state index in [-0.39, 0.29) is 12.2 Å². The summed E-state index contributed by atoms with van der Waals surface area (Å²) in [5, 5.41) is 17.9. The normalized spacial score (nSPS) is 20.6. The minimum absolute atomic E-state index is 0.0368. The van der Waals surface area contributed by atoms with E-state index in [2.05, 4.69) is 0 Å². The second kappa shape index (κ2) is 6.35. The van der Waals surface area contributed by atoms with E-state index in [4.69, 9.17) is 5.11 Å². The Morgan fingerprint density at radius 1 is 1.53 bits per heavy atom. The summed E-state index contributed by atoms with van der Waals surface area (Å²) in [4.78, 5) is 21.8. The van der Waals surface area contributed by atoms with Crippen LogP contribution in [0.4, 0.5) is 0 Å². The summed E-state index contributed by atoms with van der Waals surface area (Å²) < 4.78 is 0. The number of unbranched alkanes of at least 4 members (excludes halogenated alkanes) is 2. The van der Waals surface area contributed by atoms with E-state index >= 15 is 0 Å². The number of carbonyl (C=O) groups excluding carboxylic acids is 1. The monoisotopic (exact) mass is 238 g/mol. The largest absolute Gasteiger partial charge is 0.478 e. The molecule has 1 unspecified atom stereocenters. The number of aliphatic hydroxyl groups excluding tert-OH is 1. The fourth-order valence-corrected chi connectivity index (χ4v) is 1.79. The van der Waals surface area contributed by atoms with Gasteiger partial charge in [-0.05, 0) is 44.3 Å². The number of carbonyl (C=O) groups is 2. The van der Waals surface area contributed by atoms with Crippen molar-refractivity contribution >= 4 is 11.8 Å². The predicted molar refractivity (Wildman–Crippen MR) is 63.6 cm³/mol. The lowest BCUT2D eigenvalue weighted by atomic mass is 10.1. The summed E-state index contributed by atoms with van der Waals surface area (Å²) >= 11 is 0. The van der Waals surface area contributed by atoms with Crippen molar-refractivity contribution in [1.82, 2.24) is 0 Å². The van der Waals surface area contributed by atoms with Gasteiger partial charge in [-0.15, -0.1) is 0 Å². The minimum Gasteiger partial charge on any atom is -0.478 e. The molecular weight excluding hydrogens is 220 g/mol. The van der Waals surface area contributed by atoms with Crippen LogP contribution in [0.3, 0.4) is 0 Å². The lowest BCUT2D eigenvalue weighted by Crippen LogP contribution is -2.01. The van der Waals surface area contributed by atoms with Gasteiger partial charge in [0, 0.05) is 12.0 Å². The van der Waals surface area contributed by atoms with Crippen molar-refractivity contribution < 1.29 is 19.8 Å². The van der Waals surface area contributed by atoms with Crippen molar-refractivity contribution in [2.75, 3.05) is 0 Å². The van der Waals surface area contributed by atoms with E-state index in [0.717, 1.165) is 18.4 Å². The van der Waals surface area contributed by atoms with Gasteiger partial charge < -0.3 is 10.2 Å². The molecule has 0 spiro atoms. The van der Waals surface area contributed by atoms with E-state index < -0.39 is 12.1 Å². The quantitative estimate of drug-likeness (QED) is 0.547. The highest BCUT2D eigenvalue weighted by Gasteiger charge is 2.21. The molecule has 0 saturated heterocycles. The predicted octanol–water partition coefficient (Wildman–Crippen LogP) is 1.84. The second-order valence-corrected chi connectivity index (χ2v) is 4.32. The van der Waals surface area contributed by atoms with Gasteiger partial charge in [0.1, 0.15) is 0 Å². The molecule has 4 nitrogen and oxygen atoms in total. The molecule has 0 fully saturated rings. The van der Waals surface area contributed by atoms with Crippen LogP contribution in [0, 0.1) is 0 Å². The molecule has 0 amide bonds. The van der Waals surface area contributed by atoms with E-state index in [9.17, 15) is 14.7 Å². The Labute approximate surface area is 101 Å². The van der Waals surface area contributed by atoms with Crippen molar-refractivity contribution in [3.8, 4) is 0 Å². The fourth-order valence-electron chi connectivity index (χ4n) is 1.79. The highest BCUT2D eigenvalue weighted by atomic mass is 16.4. The zero-order chi connectivity index (χ0) is 12.8. The lowest BCUT2D eigenvalue weighted by Gasteiger charge is -1.99. The number of aliphatic hydroxyl groups is 1. The van der Waals surface area contributed by atoms with E-state index in [0.29, 0.717) is 18.4 Å². The third-order valence-electron chi connectivity index (χ3n) is 2.83. The molecule has 1 aliphatic carbocycles. The SMILES string of the molecule is C/C(=C\CCCCC1=CC(O)CC1=O)C(=O)O. The van der Waals surface area contributed by atoms with Crippen molar-refractivity contribution in [1.29, 1.82) is 0 Å². The van der Waals surface area contributed by atoms with Crippen LogP contribution in [0.2, 0.25) is 0 Å². The minimum atomic E-state index is -0.887. The molecule has 0 aliphatic heterocycles. The lowest BCUT2D eigenvalue weighted by molar-refractivity contribution is -0.132. The summed E-state index contributed by atoms with van der Waals surface area (Å²) in [6, 6.07) is 0. The van der Waals surface area contributed by atoms with Crippen LogP contribution in [-0.2, 0) is 9.59 Å². The molecule has 17 heavy (non-hydrogen) atoms. The van der Waals surface area contributed by atoms with Crippen LogP contribution in [-0.4, -0.2) is 28.1 Å². The van der Waals surface area contributed by atoms with Crippen LogP contribution < -0.4 is 0 Å². The Balaban J connectivity index is 2.21. The van der Waals surface area contributed by atoms with Gasteiger partial charge in [0.05, 0.1) is 6.10 Å². The summed E-state index contributed by atoms with van der Waals surface area (Å²) in [7, 11) is 0. The van der Waals surface area contributed by atoms with Crippen LogP contribution in [0.5, 0.6) is 0 Å². The number of Topliss-reactive ketones (excluding diaryl/α,β-unsaturated/α-hetero) is 1. The Bertz CT molecular complexity index is 366. The number of carboxylic acids is 1. The third-order valence-corrected chi connectivity index (χ3v) is 2.83. The molecule has 1 rings (SSSR count). The highest BCUT2D eigenvalue weighted by Crippen LogP contribution is 2.20. The van der Waals surface area contributed by atoms with Crippen molar-refractivity contribution in [3.63, 3.8) is 0 Å². The van der Waals surface area contributed by atoms with Crippen LogP contribution in [0.15, 0.2) is 23.3 Å². The van der Waals surface area contributed by atoms with Gasteiger partial charge in [-0.2, -0.15) is 0 Å². The molecule has 1 aliphatic rings. The van der Waals surface area contributed by atoms with E-state index in [1.54, 1.807) is 19.1 Å². The Morgan fingerprint density at radius 2 is 2.24 bits per heavy atom. The first-order valence-corrected chi connectivity index (χ1v) is 5.82. The van der Waals surface area contributed by atoms with Crippen LogP contribution in [0.25, 0.3) is 0 Å². The first kappa shape index (κ1) is 13.6. The molecule has 0 saturated carbocycles. The number of carboxylic acid groups (broad SMARTS) is 1. The zero-order valence-corrected chi connectivity index (χ0v) is 9.98. The van der Waals surface area contributed by atoms with Gasteiger partial charge in [-0.1, -0.05) is 6.08 Å². The maximum absolute atomic E-state index is 11.3. The maximum Gasteiger partial charge on any atom is 0.330 e. The fraction of sp³-hybridized carbons (Fsp3) is 0.538. The highest BCUT2D eigenvalue weighted by molar-refractivity contribution is 5.98. The molecule has 4 heteroatoms. The van der Waals surface area contributed by atoms with Crippen molar-refractivity contribution in [3.05, 3.63) is 23.3 Å².